The number of benzene rings is 1. The van der Waals surface area contributed by atoms with E-state index >= 15 is 0 Å². The van der Waals surface area contributed by atoms with Crippen molar-refractivity contribution in [1.29, 1.82) is 0 Å². The topological polar surface area (TPSA) is 42.4 Å². The zero-order chi connectivity index (χ0) is 14.5. The Hall–Kier alpha value is -1.58. The van der Waals surface area contributed by atoms with Crippen LogP contribution in [0.3, 0.4) is 0 Å². The summed E-state index contributed by atoms with van der Waals surface area (Å²) in [5.41, 5.74) is 2.44. The standard InChI is InChI=1S/C16H18ClNO2/c1-3-6-20-14-8-13(9-18-10-14)16(19)12-4-5-15(17)11(2)7-12/h4-5,7-10,16,19H,3,6H2,1-2H3. The van der Waals surface area contributed by atoms with Gasteiger partial charge in [0.25, 0.3) is 0 Å². The van der Waals surface area contributed by atoms with Crippen molar-refractivity contribution < 1.29 is 9.84 Å². The summed E-state index contributed by atoms with van der Waals surface area (Å²) in [6.07, 6.45) is 3.50. The lowest BCUT2D eigenvalue weighted by Gasteiger charge is -2.13. The maximum absolute atomic E-state index is 10.4. The van der Waals surface area contributed by atoms with Crippen LogP contribution >= 0.6 is 11.6 Å². The third-order valence-corrected chi connectivity index (χ3v) is 3.44. The van der Waals surface area contributed by atoms with Crippen molar-refractivity contribution in [2.75, 3.05) is 6.61 Å². The van der Waals surface area contributed by atoms with E-state index in [1.807, 2.05) is 32.0 Å². The smallest absolute Gasteiger partial charge is 0.137 e. The van der Waals surface area contributed by atoms with Gasteiger partial charge in [-0.05, 0) is 36.6 Å². The molecule has 0 aliphatic rings. The second-order valence-electron chi connectivity index (χ2n) is 4.71. The number of halogens is 1. The molecule has 1 heterocycles. The lowest BCUT2D eigenvalue weighted by molar-refractivity contribution is 0.218. The van der Waals surface area contributed by atoms with E-state index in [0.717, 1.165) is 17.5 Å². The molecule has 0 bridgehead atoms. The Morgan fingerprint density at radius 2 is 2.05 bits per heavy atom. The normalized spacial score (nSPS) is 12.2. The Morgan fingerprint density at radius 3 is 2.75 bits per heavy atom. The molecular weight excluding hydrogens is 274 g/mol. The molecule has 2 rings (SSSR count). The van der Waals surface area contributed by atoms with Gasteiger partial charge in [0, 0.05) is 16.8 Å². The van der Waals surface area contributed by atoms with Crippen LogP contribution in [-0.4, -0.2) is 16.7 Å². The lowest BCUT2D eigenvalue weighted by Crippen LogP contribution is -2.02. The van der Waals surface area contributed by atoms with Crippen molar-refractivity contribution in [1.82, 2.24) is 4.98 Å². The summed E-state index contributed by atoms with van der Waals surface area (Å²) in [5.74, 6) is 0.675. The molecule has 0 aliphatic carbocycles. The molecular formula is C16H18ClNO2. The summed E-state index contributed by atoms with van der Waals surface area (Å²) in [5, 5.41) is 11.1. The summed E-state index contributed by atoms with van der Waals surface area (Å²) in [7, 11) is 0. The molecule has 20 heavy (non-hydrogen) atoms. The molecule has 3 nitrogen and oxygen atoms in total. The average Bonchev–Trinajstić information content (AvgIpc) is 2.47. The summed E-state index contributed by atoms with van der Waals surface area (Å²) < 4.78 is 5.53. The molecule has 0 fully saturated rings. The first-order valence-corrected chi connectivity index (χ1v) is 7.01. The van der Waals surface area contributed by atoms with Gasteiger partial charge in [-0.25, -0.2) is 0 Å². The fourth-order valence-corrected chi connectivity index (χ4v) is 2.03. The molecule has 0 saturated heterocycles. The highest BCUT2D eigenvalue weighted by Gasteiger charge is 2.12. The molecule has 2 aromatic rings. The van der Waals surface area contributed by atoms with Crippen molar-refractivity contribution in [3.05, 3.63) is 58.4 Å². The molecule has 0 saturated carbocycles. The Morgan fingerprint density at radius 1 is 1.25 bits per heavy atom. The monoisotopic (exact) mass is 291 g/mol. The van der Waals surface area contributed by atoms with Crippen LogP contribution in [-0.2, 0) is 0 Å². The largest absolute Gasteiger partial charge is 0.492 e. The number of hydrogen-bond acceptors (Lipinski definition) is 3. The molecule has 0 amide bonds. The third-order valence-electron chi connectivity index (χ3n) is 3.02. The average molecular weight is 292 g/mol. The number of aromatic nitrogens is 1. The highest BCUT2D eigenvalue weighted by Crippen LogP contribution is 2.27. The number of aliphatic hydroxyl groups is 1. The Bertz CT molecular complexity index is 586. The van der Waals surface area contributed by atoms with E-state index in [1.165, 1.54) is 0 Å². The van der Waals surface area contributed by atoms with Crippen LogP contribution in [0.2, 0.25) is 5.02 Å². The lowest BCUT2D eigenvalue weighted by atomic mass is 10.0. The fraction of sp³-hybridized carbons (Fsp3) is 0.312. The van der Waals surface area contributed by atoms with E-state index in [4.69, 9.17) is 16.3 Å². The number of hydrogen-bond donors (Lipinski definition) is 1. The molecule has 1 atom stereocenters. The highest BCUT2D eigenvalue weighted by atomic mass is 35.5. The van der Waals surface area contributed by atoms with Crippen molar-refractivity contribution >= 4 is 11.6 Å². The van der Waals surface area contributed by atoms with Crippen molar-refractivity contribution in [3.63, 3.8) is 0 Å². The minimum Gasteiger partial charge on any atom is -0.492 e. The quantitative estimate of drug-likeness (QED) is 0.908. The second kappa shape index (κ2) is 6.73. The number of aryl methyl sites for hydroxylation is 1. The van der Waals surface area contributed by atoms with Gasteiger partial charge in [0.2, 0.25) is 0 Å². The molecule has 1 N–H and O–H groups in total. The van der Waals surface area contributed by atoms with Crippen molar-refractivity contribution in [3.8, 4) is 5.75 Å². The minimum atomic E-state index is -0.733. The van der Waals surface area contributed by atoms with E-state index in [1.54, 1.807) is 18.5 Å². The highest BCUT2D eigenvalue weighted by molar-refractivity contribution is 6.31. The number of pyridine rings is 1. The zero-order valence-electron chi connectivity index (χ0n) is 11.6. The predicted molar refractivity (Wildman–Crippen MR) is 80.3 cm³/mol. The van der Waals surface area contributed by atoms with E-state index < -0.39 is 6.10 Å². The molecule has 106 valence electrons. The van der Waals surface area contributed by atoms with Crippen molar-refractivity contribution in [2.24, 2.45) is 0 Å². The number of aliphatic hydroxyl groups excluding tert-OH is 1. The fourth-order valence-electron chi connectivity index (χ4n) is 1.91. The first kappa shape index (κ1) is 14.8. The maximum atomic E-state index is 10.4. The molecule has 0 aliphatic heterocycles. The number of nitrogens with zero attached hydrogens (tertiary/aromatic N) is 1. The van der Waals surface area contributed by atoms with Crippen LogP contribution in [0.15, 0.2) is 36.7 Å². The Labute approximate surface area is 124 Å². The van der Waals surface area contributed by atoms with Crippen LogP contribution in [0.4, 0.5) is 0 Å². The Kier molecular flexibility index (Phi) is 4.99. The molecule has 1 aromatic carbocycles. The van der Waals surface area contributed by atoms with Crippen LogP contribution in [0, 0.1) is 6.92 Å². The van der Waals surface area contributed by atoms with E-state index in [9.17, 15) is 5.11 Å². The number of rotatable bonds is 5. The third kappa shape index (κ3) is 3.50. The second-order valence-corrected chi connectivity index (χ2v) is 5.12. The minimum absolute atomic E-state index is 0.640. The van der Waals surface area contributed by atoms with Gasteiger partial charge in [-0.2, -0.15) is 0 Å². The zero-order valence-corrected chi connectivity index (χ0v) is 12.4. The Balaban J connectivity index is 2.23. The number of ether oxygens (including phenoxy) is 1. The first-order chi connectivity index (χ1) is 9.61. The van der Waals surface area contributed by atoms with E-state index in [0.29, 0.717) is 22.9 Å². The van der Waals surface area contributed by atoms with Crippen LogP contribution in [0.25, 0.3) is 0 Å². The van der Waals surface area contributed by atoms with Gasteiger partial charge in [-0.1, -0.05) is 30.7 Å². The first-order valence-electron chi connectivity index (χ1n) is 6.63. The van der Waals surface area contributed by atoms with Gasteiger partial charge < -0.3 is 9.84 Å². The van der Waals surface area contributed by atoms with Gasteiger partial charge in [-0.3, -0.25) is 4.98 Å². The summed E-state index contributed by atoms with van der Waals surface area (Å²) in [6.45, 7) is 4.60. The maximum Gasteiger partial charge on any atom is 0.137 e. The molecule has 0 spiro atoms. The van der Waals surface area contributed by atoms with Crippen molar-refractivity contribution in [2.45, 2.75) is 26.4 Å². The summed E-state index contributed by atoms with van der Waals surface area (Å²) in [6, 6.07) is 7.31. The molecule has 4 heteroatoms. The molecule has 0 radical (unpaired) electrons. The molecule has 1 aromatic heterocycles. The van der Waals surface area contributed by atoms with Gasteiger partial charge in [0.05, 0.1) is 12.8 Å². The van der Waals surface area contributed by atoms with Crippen LogP contribution in [0.1, 0.15) is 36.1 Å². The van der Waals surface area contributed by atoms with Gasteiger partial charge in [-0.15, -0.1) is 0 Å². The SMILES string of the molecule is CCCOc1cncc(C(O)c2ccc(Cl)c(C)c2)c1. The van der Waals surface area contributed by atoms with Gasteiger partial charge >= 0.3 is 0 Å². The van der Waals surface area contributed by atoms with E-state index in [-0.39, 0.29) is 0 Å². The summed E-state index contributed by atoms with van der Waals surface area (Å²) in [4.78, 5) is 4.11. The predicted octanol–water partition coefficient (Wildman–Crippen LogP) is 3.91. The van der Waals surface area contributed by atoms with Gasteiger partial charge in [0.15, 0.2) is 0 Å². The van der Waals surface area contributed by atoms with E-state index in [2.05, 4.69) is 4.98 Å². The van der Waals surface area contributed by atoms with Gasteiger partial charge in [0.1, 0.15) is 11.9 Å². The molecule has 1 unspecified atom stereocenters. The van der Waals surface area contributed by atoms with Crippen LogP contribution in [0.5, 0.6) is 5.75 Å². The summed E-state index contributed by atoms with van der Waals surface area (Å²) >= 11 is 6.00. The van der Waals surface area contributed by atoms with Crippen LogP contribution < -0.4 is 4.74 Å².